The Morgan fingerprint density at radius 2 is 1.83 bits per heavy atom. The van der Waals surface area contributed by atoms with E-state index in [9.17, 15) is 0 Å². The minimum absolute atomic E-state index is 0.413. The van der Waals surface area contributed by atoms with Crippen molar-refractivity contribution in [3.05, 3.63) is 35.4 Å². The lowest BCUT2D eigenvalue weighted by Crippen LogP contribution is -2.35. The maximum absolute atomic E-state index is 6.02. The molecule has 1 atom stereocenters. The van der Waals surface area contributed by atoms with Gasteiger partial charge in [-0.2, -0.15) is 0 Å². The average molecular weight is 244 g/mol. The lowest BCUT2D eigenvalue weighted by atomic mass is 10.0. The van der Waals surface area contributed by atoms with Crippen molar-refractivity contribution in [2.75, 3.05) is 13.1 Å². The van der Waals surface area contributed by atoms with Crippen molar-refractivity contribution in [2.45, 2.75) is 50.6 Å². The van der Waals surface area contributed by atoms with Gasteiger partial charge in [-0.3, -0.25) is 4.90 Å². The van der Waals surface area contributed by atoms with Gasteiger partial charge in [-0.25, -0.2) is 0 Å². The Morgan fingerprint density at radius 3 is 2.28 bits per heavy atom. The van der Waals surface area contributed by atoms with Crippen LogP contribution in [0, 0.1) is 0 Å². The number of hydrogen-bond donors (Lipinski definition) is 1. The summed E-state index contributed by atoms with van der Waals surface area (Å²) in [5.41, 5.74) is 8.93. The first-order valence-corrected chi connectivity index (χ1v) is 7.39. The van der Waals surface area contributed by atoms with Gasteiger partial charge in [0.15, 0.2) is 0 Å². The van der Waals surface area contributed by atoms with Gasteiger partial charge in [0, 0.05) is 18.6 Å². The van der Waals surface area contributed by atoms with Gasteiger partial charge in [-0.1, -0.05) is 31.2 Å². The van der Waals surface area contributed by atoms with Gasteiger partial charge in [0.05, 0.1) is 0 Å². The van der Waals surface area contributed by atoms with E-state index in [4.69, 9.17) is 5.73 Å². The maximum Gasteiger partial charge on any atom is 0.0473 e. The number of likely N-dealkylation sites (N-methyl/N-ethyl adjacent to an activating group) is 1. The molecule has 0 aromatic heterocycles. The number of nitrogens with two attached hydrogens (primary N) is 1. The highest BCUT2D eigenvalue weighted by atomic mass is 15.2. The predicted molar refractivity (Wildman–Crippen MR) is 75.6 cm³/mol. The van der Waals surface area contributed by atoms with Crippen molar-refractivity contribution >= 4 is 0 Å². The first-order chi connectivity index (χ1) is 8.83. The summed E-state index contributed by atoms with van der Waals surface area (Å²) in [7, 11) is 0. The van der Waals surface area contributed by atoms with Crippen molar-refractivity contribution in [2.24, 2.45) is 5.73 Å². The van der Waals surface area contributed by atoms with Crippen LogP contribution in [0.3, 0.4) is 0 Å². The summed E-state index contributed by atoms with van der Waals surface area (Å²) in [5.74, 6) is 0.848. The van der Waals surface area contributed by atoms with Crippen molar-refractivity contribution in [1.29, 1.82) is 0 Å². The van der Waals surface area contributed by atoms with Crippen LogP contribution in [-0.2, 0) is 0 Å². The van der Waals surface area contributed by atoms with Crippen molar-refractivity contribution in [3.8, 4) is 0 Å². The molecule has 2 aliphatic rings. The van der Waals surface area contributed by atoms with Gasteiger partial charge in [0.1, 0.15) is 0 Å². The number of nitrogens with zero attached hydrogens (tertiary/aromatic N) is 1. The summed E-state index contributed by atoms with van der Waals surface area (Å²) in [4.78, 5) is 2.58. The third-order valence-electron chi connectivity index (χ3n) is 4.37. The Kier molecular flexibility index (Phi) is 3.40. The van der Waals surface area contributed by atoms with E-state index in [1.165, 1.54) is 36.8 Å². The molecule has 2 nitrogen and oxygen atoms in total. The van der Waals surface area contributed by atoms with Gasteiger partial charge in [-0.05, 0) is 49.3 Å². The molecule has 2 heteroatoms. The summed E-state index contributed by atoms with van der Waals surface area (Å²) in [6.45, 7) is 4.09. The molecule has 0 radical (unpaired) electrons. The number of hydrogen-bond acceptors (Lipinski definition) is 2. The molecule has 1 aromatic rings. The normalized spacial score (nSPS) is 21.3. The third kappa shape index (κ3) is 2.45. The van der Waals surface area contributed by atoms with Crippen LogP contribution in [0.4, 0.5) is 0 Å². The van der Waals surface area contributed by atoms with E-state index in [0.717, 1.165) is 25.0 Å². The zero-order chi connectivity index (χ0) is 12.5. The average Bonchev–Trinajstić information content (AvgIpc) is 3.29. The second kappa shape index (κ2) is 5.02. The van der Waals surface area contributed by atoms with Crippen molar-refractivity contribution in [3.63, 3.8) is 0 Å². The van der Waals surface area contributed by atoms with Gasteiger partial charge in [-0.15, -0.1) is 0 Å². The lowest BCUT2D eigenvalue weighted by molar-refractivity contribution is 0.202. The molecule has 0 spiro atoms. The molecule has 2 N–H and O–H groups in total. The quantitative estimate of drug-likeness (QED) is 0.833. The highest BCUT2D eigenvalue weighted by Crippen LogP contribution is 2.40. The summed E-state index contributed by atoms with van der Waals surface area (Å²) < 4.78 is 0. The molecule has 0 saturated heterocycles. The van der Waals surface area contributed by atoms with E-state index in [0.29, 0.717) is 6.04 Å². The molecule has 2 saturated carbocycles. The zero-order valence-corrected chi connectivity index (χ0v) is 11.3. The molecule has 0 aliphatic heterocycles. The molecule has 98 valence electrons. The van der Waals surface area contributed by atoms with E-state index >= 15 is 0 Å². The van der Waals surface area contributed by atoms with Crippen molar-refractivity contribution in [1.82, 2.24) is 4.90 Å². The fourth-order valence-electron chi connectivity index (χ4n) is 3.01. The fourth-order valence-corrected chi connectivity index (χ4v) is 3.01. The number of benzene rings is 1. The van der Waals surface area contributed by atoms with Gasteiger partial charge in [0.2, 0.25) is 0 Å². The SMILES string of the molecule is CCN(C1CC1)C(CN)c1ccc(C2CC2)cc1. The molecule has 2 fully saturated rings. The Hall–Kier alpha value is -0.860. The van der Waals surface area contributed by atoms with Crippen LogP contribution in [0.1, 0.15) is 55.7 Å². The lowest BCUT2D eigenvalue weighted by Gasteiger charge is -2.30. The number of rotatable bonds is 6. The highest BCUT2D eigenvalue weighted by molar-refractivity contribution is 5.30. The Bertz CT molecular complexity index is 390. The van der Waals surface area contributed by atoms with Crippen LogP contribution in [0.15, 0.2) is 24.3 Å². The molecule has 0 bridgehead atoms. The van der Waals surface area contributed by atoms with Gasteiger partial charge in [0.25, 0.3) is 0 Å². The second-order valence-electron chi connectivity index (χ2n) is 5.75. The summed E-state index contributed by atoms with van der Waals surface area (Å²) in [5, 5.41) is 0. The van der Waals surface area contributed by atoms with Crippen LogP contribution in [0.5, 0.6) is 0 Å². The van der Waals surface area contributed by atoms with Crippen LogP contribution in [-0.4, -0.2) is 24.0 Å². The molecular formula is C16H24N2. The third-order valence-corrected chi connectivity index (χ3v) is 4.37. The van der Waals surface area contributed by atoms with Gasteiger partial charge >= 0.3 is 0 Å². The van der Waals surface area contributed by atoms with E-state index in [-0.39, 0.29) is 0 Å². The van der Waals surface area contributed by atoms with Crippen LogP contribution >= 0.6 is 0 Å². The molecule has 18 heavy (non-hydrogen) atoms. The predicted octanol–water partition coefficient (Wildman–Crippen LogP) is 3.05. The molecule has 0 heterocycles. The largest absolute Gasteiger partial charge is 0.329 e. The van der Waals surface area contributed by atoms with Crippen molar-refractivity contribution < 1.29 is 0 Å². The molecule has 0 amide bonds. The molecule has 1 aromatic carbocycles. The first kappa shape index (κ1) is 12.2. The standard InChI is InChI=1S/C16H24N2/c1-2-18(15-9-10-15)16(11-17)14-7-5-13(6-8-14)12-3-4-12/h5-8,12,15-16H,2-4,9-11,17H2,1H3. The Balaban J connectivity index is 1.76. The van der Waals surface area contributed by atoms with E-state index in [2.05, 4.69) is 36.1 Å². The monoisotopic (exact) mass is 244 g/mol. The van der Waals surface area contributed by atoms with Crippen LogP contribution in [0.25, 0.3) is 0 Å². The van der Waals surface area contributed by atoms with Crippen LogP contribution in [0.2, 0.25) is 0 Å². The fraction of sp³-hybridized carbons (Fsp3) is 0.625. The summed E-state index contributed by atoms with van der Waals surface area (Å²) in [6, 6.07) is 10.4. The molecule has 3 rings (SSSR count). The minimum Gasteiger partial charge on any atom is -0.329 e. The van der Waals surface area contributed by atoms with E-state index in [1.54, 1.807) is 0 Å². The second-order valence-corrected chi connectivity index (χ2v) is 5.75. The molecule has 2 aliphatic carbocycles. The Morgan fingerprint density at radius 1 is 1.17 bits per heavy atom. The first-order valence-electron chi connectivity index (χ1n) is 7.39. The maximum atomic E-state index is 6.02. The minimum atomic E-state index is 0.413. The Labute approximate surface area is 110 Å². The van der Waals surface area contributed by atoms with Gasteiger partial charge < -0.3 is 5.73 Å². The van der Waals surface area contributed by atoms with E-state index in [1.807, 2.05) is 0 Å². The molecule has 1 unspecified atom stereocenters. The summed E-state index contributed by atoms with van der Waals surface area (Å²) in [6.07, 6.45) is 5.46. The molecular weight excluding hydrogens is 220 g/mol. The van der Waals surface area contributed by atoms with E-state index < -0.39 is 0 Å². The highest BCUT2D eigenvalue weighted by Gasteiger charge is 2.33. The zero-order valence-electron chi connectivity index (χ0n) is 11.3. The smallest absolute Gasteiger partial charge is 0.0473 e. The van der Waals surface area contributed by atoms with Crippen LogP contribution < -0.4 is 5.73 Å². The topological polar surface area (TPSA) is 29.3 Å². The summed E-state index contributed by atoms with van der Waals surface area (Å²) >= 11 is 0.